The number of carbonyl (C=O) groups excluding carboxylic acids is 1. The molecule has 27 heavy (non-hydrogen) atoms. The van der Waals surface area contributed by atoms with E-state index in [1.165, 1.54) is 24.8 Å². The van der Waals surface area contributed by atoms with E-state index < -0.39 is 10.9 Å². The third-order valence-corrected chi connectivity index (χ3v) is 4.85. The van der Waals surface area contributed by atoms with Gasteiger partial charge in [0.25, 0.3) is 5.69 Å². The van der Waals surface area contributed by atoms with Crippen LogP contribution >= 0.6 is 11.6 Å². The summed E-state index contributed by atoms with van der Waals surface area (Å²) in [6, 6.07) is 12.4. The van der Waals surface area contributed by atoms with E-state index in [1.54, 1.807) is 6.07 Å². The second-order valence-corrected chi connectivity index (χ2v) is 6.78. The maximum Gasteiger partial charge on any atom is 0.344 e. The van der Waals surface area contributed by atoms with Crippen molar-refractivity contribution in [1.82, 2.24) is 4.90 Å². The SMILES string of the molecule is COC(=O)c1cc(N2CCN(Cc3cccc(Cl)c3)CC2)ccc1[N+](=O)[O-]. The van der Waals surface area contributed by atoms with Crippen LogP contribution < -0.4 is 4.90 Å². The zero-order valence-corrected chi connectivity index (χ0v) is 15.7. The van der Waals surface area contributed by atoms with Gasteiger partial charge in [-0.2, -0.15) is 0 Å². The fourth-order valence-corrected chi connectivity index (χ4v) is 3.42. The first-order valence-corrected chi connectivity index (χ1v) is 8.94. The molecule has 0 unspecified atom stereocenters. The number of ether oxygens (including phenoxy) is 1. The Bertz CT molecular complexity index is 851. The first kappa shape index (κ1) is 19.1. The number of nitro groups is 1. The topological polar surface area (TPSA) is 75.9 Å². The fraction of sp³-hybridized carbons (Fsp3) is 0.316. The maximum absolute atomic E-state index is 11.9. The van der Waals surface area contributed by atoms with Crippen molar-refractivity contribution in [2.45, 2.75) is 6.54 Å². The molecule has 2 aromatic carbocycles. The van der Waals surface area contributed by atoms with Crippen molar-refractivity contribution in [2.24, 2.45) is 0 Å². The zero-order chi connectivity index (χ0) is 19.4. The second kappa shape index (κ2) is 8.37. The van der Waals surface area contributed by atoms with Gasteiger partial charge in [0, 0.05) is 49.5 Å². The highest BCUT2D eigenvalue weighted by molar-refractivity contribution is 6.30. The predicted molar refractivity (Wildman–Crippen MR) is 103 cm³/mol. The third kappa shape index (κ3) is 4.56. The molecule has 7 nitrogen and oxygen atoms in total. The lowest BCUT2D eigenvalue weighted by atomic mass is 10.1. The molecular formula is C19H20ClN3O4. The van der Waals surface area contributed by atoms with Crippen LogP contribution in [0.3, 0.4) is 0 Å². The Kier molecular flexibility index (Phi) is 5.93. The number of hydrogen-bond acceptors (Lipinski definition) is 6. The Morgan fingerprint density at radius 3 is 2.56 bits per heavy atom. The molecule has 0 atom stereocenters. The maximum atomic E-state index is 11.9. The number of piperazine rings is 1. The molecule has 2 aromatic rings. The van der Waals surface area contributed by atoms with Gasteiger partial charge in [-0.25, -0.2) is 4.79 Å². The Hall–Kier alpha value is -2.64. The second-order valence-electron chi connectivity index (χ2n) is 6.34. The first-order valence-electron chi connectivity index (χ1n) is 8.56. The monoisotopic (exact) mass is 389 g/mol. The third-order valence-electron chi connectivity index (χ3n) is 4.61. The lowest BCUT2D eigenvalue weighted by Crippen LogP contribution is -2.46. The quantitative estimate of drug-likeness (QED) is 0.443. The first-order chi connectivity index (χ1) is 13.0. The van der Waals surface area contributed by atoms with E-state index in [0.717, 1.165) is 43.4 Å². The van der Waals surface area contributed by atoms with Gasteiger partial charge >= 0.3 is 5.97 Å². The lowest BCUT2D eigenvalue weighted by Gasteiger charge is -2.36. The molecule has 0 saturated carbocycles. The van der Waals surface area contributed by atoms with Gasteiger partial charge < -0.3 is 9.64 Å². The van der Waals surface area contributed by atoms with Crippen LogP contribution in [-0.2, 0) is 11.3 Å². The highest BCUT2D eigenvalue weighted by atomic mass is 35.5. The molecule has 0 radical (unpaired) electrons. The van der Waals surface area contributed by atoms with Crippen molar-refractivity contribution < 1.29 is 14.5 Å². The molecule has 1 aliphatic heterocycles. The van der Waals surface area contributed by atoms with Crippen LogP contribution in [0.2, 0.25) is 5.02 Å². The standard InChI is InChI=1S/C19H20ClN3O4/c1-27-19(24)17-12-16(5-6-18(17)23(25)26)22-9-7-21(8-10-22)13-14-3-2-4-15(20)11-14/h2-6,11-12H,7-10,13H2,1H3. The molecule has 0 bridgehead atoms. The van der Waals surface area contributed by atoms with Crippen LogP contribution in [0.15, 0.2) is 42.5 Å². The van der Waals surface area contributed by atoms with E-state index in [-0.39, 0.29) is 11.3 Å². The number of nitrogens with zero attached hydrogens (tertiary/aromatic N) is 3. The highest BCUT2D eigenvalue weighted by Crippen LogP contribution is 2.27. The molecule has 3 rings (SSSR count). The summed E-state index contributed by atoms with van der Waals surface area (Å²) >= 11 is 6.04. The number of rotatable bonds is 5. The largest absolute Gasteiger partial charge is 0.465 e. The van der Waals surface area contributed by atoms with Gasteiger partial charge in [0.05, 0.1) is 12.0 Å². The van der Waals surface area contributed by atoms with Gasteiger partial charge in [-0.3, -0.25) is 15.0 Å². The van der Waals surface area contributed by atoms with Crippen molar-refractivity contribution in [1.29, 1.82) is 0 Å². The summed E-state index contributed by atoms with van der Waals surface area (Å²) in [5, 5.41) is 11.9. The van der Waals surface area contributed by atoms with E-state index in [4.69, 9.17) is 11.6 Å². The molecule has 1 saturated heterocycles. The van der Waals surface area contributed by atoms with Gasteiger partial charge in [0.15, 0.2) is 0 Å². The number of benzene rings is 2. The van der Waals surface area contributed by atoms with Crippen LogP contribution in [0.25, 0.3) is 0 Å². The average molecular weight is 390 g/mol. The van der Waals surface area contributed by atoms with Crippen LogP contribution in [-0.4, -0.2) is 49.1 Å². The van der Waals surface area contributed by atoms with Crippen molar-refractivity contribution >= 4 is 28.9 Å². The van der Waals surface area contributed by atoms with Crippen LogP contribution in [0, 0.1) is 10.1 Å². The highest BCUT2D eigenvalue weighted by Gasteiger charge is 2.24. The number of carbonyl (C=O) groups is 1. The number of halogens is 1. The van der Waals surface area contributed by atoms with Gasteiger partial charge in [-0.05, 0) is 29.8 Å². The summed E-state index contributed by atoms with van der Waals surface area (Å²) in [7, 11) is 1.22. The predicted octanol–water partition coefficient (Wildman–Crippen LogP) is 3.36. The summed E-state index contributed by atoms with van der Waals surface area (Å²) in [6.07, 6.45) is 0. The summed E-state index contributed by atoms with van der Waals surface area (Å²) in [4.78, 5) is 26.9. The Morgan fingerprint density at radius 1 is 1.19 bits per heavy atom. The van der Waals surface area contributed by atoms with E-state index in [0.29, 0.717) is 0 Å². The minimum Gasteiger partial charge on any atom is -0.465 e. The lowest BCUT2D eigenvalue weighted by molar-refractivity contribution is -0.385. The number of esters is 1. The van der Waals surface area contributed by atoms with Crippen molar-refractivity contribution in [3.8, 4) is 0 Å². The van der Waals surface area contributed by atoms with E-state index in [2.05, 4.69) is 20.6 Å². The van der Waals surface area contributed by atoms with Crippen LogP contribution in [0.5, 0.6) is 0 Å². The molecule has 8 heteroatoms. The molecule has 0 spiro atoms. The number of hydrogen-bond donors (Lipinski definition) is 0. The molecule has 0 aliphatic carbocycles. The smallest absolute Gasteiger partial charge is 0.344 e. The van der Waals surface area contributed by atoms with Crippen LogP contribution in [0.4, 0.5) is 11.4 Å². The summed E-state index contributed by atoms with van der Waals surface area (Å²) in [5.74, 6) is -0.705. The minimum atomic E-state index is -0.705. The van der Waals surface area contributed by atoms with E-state index in [1.807, 2.05) is 18.2 Å². The fourth-order valence-electron chi connectivity index (χ4n) is 3.21. The van der Waals surface area contributed by atoms with E-state index in [9.17, 15) is 14.9 Å². The van der Waals surface area contributed by atoms with Gasteiger partial charge in [-0.1, -0.05) is 23.7 Å². The average Bonchev–Trinajstić information content (AvgIpc) is 2.67. The Labute approximate surface area is 162 Å². The summed E-state index contributed by atoms with van der Waals surface area (Å²) < 4.78 is 4.68. The molecule has 1 heterocycles. The van der Waals surface area contributed by atoms with E-state index >= 15 is 0 Å². The number of anilines is 1. The minimum absolute atomic E-state index is 0.0265. The molecule has 142 valence electrons. The molecule has 0 N–H and O–H groups in total. The number of nitro benzene ring substituents is 1. The molecule has 0 amide bonds. The summed E-state index contributed by atoms with van der Waals surface area (Å²) in [6.45, 7) is 4.04. The zero-order valence-electron chi connectivity index (χ0n) is 14.9. The van der Waals surface area contributed by atoms with Crippen LogP contribution in [0.1, 0.15) is 15.9 Å². The number of methoxy groups -OCH3 is 1. The molecular weight excluding hydrogens is 370 g/mol. The Balaban J connectivity index is 1.68. The Morgan fingerprint density at radius 2 is 1.93 bits per heavy atom. The molecule has 1 aliphatic rings. The van der Waals surface area contributed by atoms with Crippen molar-refractivity contribution in [3.05, 3.63) is 68.7 Å². The summed E-state index contributed by atoms with van der Waals surface area (Å²) in [5.41, 5.74) is 1.68. The normalized spacial score (nSPS) is 14.8. The van der Waals surface area contributed by atoms with Crippen molar-refractivity contribution in [3.63, 3.8) is 0 Å². The molecule has 1 fully saturated rings. The van der Waals surface area contributed by atoms with Gasteiger partial charge in [0.1, 0.15) is 5.56 Å². The molecule has 0 aromatic heterocycles. The van der Waals surface area contributed by atoms with Crippen molar-refractivity contribution in [2.75, 3.05) is 38.2 Å². The van der Waals surface area contributed by atoms with Gasteiger partial charge in [-0.15, -0.1) is 0 Å². The van der Waals surface area contributed by atoms with Gasteiger partial charge in [0.2, 0.25) is 0 Å².